The first-order valence-electron chi connectivity index (χ1n) is 16.2. The summed E-state index contributed by atoms with van der Waals surface area (Å²) < 4.78 is 11.7. The number of nitrogens with zero attached hydrogens (tertiary/aromatic N) is 4. The van der Waals surface area contributed by atoms with Gasteiger partial charge in [0.2, 0.25) is 5.91 Å². The van der Waals surface area contributed by atoms with Crippen LogP contribution in [0.25, 0.3) is 0 Å². The highest BCUT2D eigenvalue weighted by atomic mass is 16.5. The topological polar surface area (TPSA) is 151 Å². The van der Waals surface area contributed by atoms with Gasteiger partial charge in [0.1, 0.15) is 17.6 Å². The number of likely N-dealkylation sites (tertiary alicyclic amines) is 1. The van der Waals surface area contributed by atoms with E-state index in [1.54, 1.807) is 47.1 Å². The molecule has 3 aromatic rings. The summed E-state index contributed by atoms with van der Waals surface area (Å²) in [5.74, 6) is -2.81. The maximum absolute atomic E-state index is 14.3. The largest absolute Gasteiger partial charge is 0.488 e. The maximum atomic E-state index is 14.3. The molecule has 4 aliphatic rings. The molecule has 4 amide bonds. The van der Waals surface area contributed by atoms with Gasteiger partial charge in [-0.15, -0.1) is 0 Å². The molecule has 12 heteroatoms. The number of imide groups is 1. The lowest BCUT2D eigenvalue weighted by Gasteiger charge is -2.42. The van der Waals surface area contributed by atoms with Crippen molar-refractivity contribution in [3.63, 3.8) is 0 Å². The van der Waals surface area contributed by atoms with Gasteiger partial charge in [-0.25, -0.2) is 0 Å². The van der Waals surface area contributed by atoms with Crippen LogP contribution in [-0.2, 0) is 16.0 Å². The smallest absolute Gasteiger partial charge is 0.307 e. The van der Waals surface area contributed by atoms with Crippen LogP contribution in [0.3, 0.4) is 0 Å². The van der Waals surface area contributed by atoms with Gasteiger partial charge in [0.15, 0.2) is 5.69 Å². The zero-order valence-electron chi connectivity index (χ0n) is 26.1. The first kappa shape index (κ1) is 30.6. The second-order valence-electron chi connectivity index (χ2n) is 12.8. The molecular formula is C35H36N4O8. The van der Waals surface area contributed by atoms with Crippen LogP contribution in [-0.4, -0.2) is 86.8 Å². The molecule has 1 saturated heterocycles. The molecule has 2 fully saturated rings. The lowest BCUT2D eigenvalue weighted by Crippen LogP contribution is -2.50. The van der Waals surface area contributed by atoms with E-state index in [0.717, 1.165) is 18.4 Å². The predicted molar refractivity (Wildman–Crippen MR) is 166 cm³/mol. The lowest BCUT2D eigenvalue weighted by atomic mass is 9.77. The van der Waals surface area contributed by atoms with Crippen molar-refractivity contribution >= 4 is 29.6 Å². The van der Waals surface area contributed by atoms with E-state index in [0.29, 0.717) is 73.5 Å². The minimum Gasteiger partial charge on any atom is -0.488 e. The number of benzene rings is 2. The van der Waals surface area contributed by atoms with Crippen molar-refractivity contribution in [2.45, 2.75) is 57.6 Å². The molecule has 47 heavy (non-hydrogen) atoms. The van der Waals surface area contributed by atoms with Crippen molar-refractivity contribution < 1.29 is 38.3 Å². The number of ether oxygens (including phenoxy) is 1. The summed E-state index contributed by atoms with van der Waals surface area (Å²) in [4.78, 5) is 71.2. The van der Waals surface area contributed by atoms with E-state index in [4.69, 9.17) is 9.26 Å². The summed E-state index contributed by atoms with van der Waals surface area (Å²) in [6.45, 7) is 2.72. The fourth-order valence-electron chi connectivity index (χ4n) is 7.63. The van der Waals surface area contributed by atoms with Crippen LogP contribution >= 0.6 is 0 Å². The van der Waals surface area contributed by atoms with Crippen molar-refractivity contribution in [1.82, 2.24) is 19.9 Å². The molecular weight excluding hydrogens is 604 g/mol. The highest BCUT2D eigenvalue weighted by molar-refractivity contribution is 6.21. The molecule has 244 valence electrons. The van der Waals surface area contributed by atoms with Gasteiger partial charge >= 0.3 is 5.97 Å². The standard InChI is InChI=1S/C35H36N4O8/c1-20-17-27(36-47-20)34(43)37-15-14-22(18-37)46-29-12-6-7-21-13-16-38(31(40)25-10-4-5-11-26(25)35(44)45)28(30(21)29)19-39-32(41)23-8-2-3-9-24(23)33(39)42/h2-3,6-9,12,17,22,25-26,28H,4-5,10-11,13-16,18-19H2,1H3,(H,44,45)/t22?,25-,26+,28-/m1/s1. The van der Waals surface area contributed by atoms with E-state index in [9.17, 15) is 29.1 Å². The molecule has 7 rings (SSSR count). The molecule has 3 aliphatic heterocycles. The minimum absolute atomic E-state index is 0.100. The van der Waals surface area contributed by atoms with E-state index in [2.05, 4.69) is 5.16 Å². The van der Waals surface area contributed by atoms with Crippen molar-refractivity contribution in [3.8, 4) is 5.75 Å². The van der Waals surface area contributed by atoms with Gasteiger partial charge < -0.3 is 24.2 Å². The average molecular weight is 641 g/mol. The number of hydrogen-bond donors (Lipinski definition) is 1. The number of aromatic nitrogens is 1. The minimum atomic E-state index is -0.984. The fourth-order valence-corrected chi connectivity index (χ4v) is 7.63. The highest BCUT2D eigenvalue weighted by Gasteiger charge is 2.45. The maximum Gasteiger partial charge on any atom is 0.307 e. The Morgan fingerprint density at radius 3 is 2.36 bits per heavy atom. The second kappa shape index (κ2) is 12.3. The molecule has 0 bridgehead atoms. The Hall–Kier alpha value is -5.00. The van der Waals surface area contributed by atoms with Crippen molar-refractivity contribution in [3.05, 3.63) is 82.2 Å². The van der Waals surface area contributed by atoms with Crippen LogP contribution < -0.4 is 4.74 Å². The van der Waals surface area contributed by atoms with Gasteiger partial charge in [-0.1, -0.05) is 42.3 Å². The van der Waals surface area contributed by atoms with Crippen LogP contribution in [0.1, 0.15) is 86.2 Å². The van der Waals surface area contributed by atoms with Gasteiger partial charge in [0.25, 0.3) is 17.7 Å². The van der Waals surface area contributed by atoms with Crippen molar-refractivity contribution in [2.24, 2.45) is 11.8 Å². The summed E-state index contributed by atoms with van der Waals surface area (Å²) in [5, 5.41) is 13.8. The third-order valence-corrected chi connectivity index (χ3v) is 9.98. The van der Waals surface area contributed by atoms with E-state index >= 15 is 0 Å². The molecule has 1 unspecified atom stereocenters. The predicted octanol–water partition coefficient (Wildman–Crippen LogP) is 3.89. The van der Waals surface area contributed by atoms with Gasteiger partial charge in [-0.2, -0.15) is 0 Å². The van der Waals surface area contributed by atoms with Crippen LogP contribution in [0.4, 0.5) is 0 Å². The zero-order valence-corrected chi connectivity index (χ0v) is 26.1. The summed E-state index contributed by atoms with van der Waals surface area (Å²) in [6.07, 6.45) is 3.12. The number of aryl methyl sites for hydroxylation is 1. The fraction of sp³-hybridized carbons (Fsp3) is 0.429. The summed E-state index contributed by atoms with van der Waals surface area (Å²) in [7, 11) is 0. The number of carboxylic acid groups (broad SMARTS) is 1. The SMILES string of the molecule is Cc1cc(C(=O)N2CCC(Oc3cccc4c3[C@@H](CN3C(=O)c5ccccc5C3=O)N(C(=O)[C@@H]3CCCC[C@@H]3C(=O)O)CC4)C2)no1. The van der Waals surface area contributed by atoms with Gasteiger partial charge in [0, 0.05) is 31.1 Å². The third-order valence-electron chi connectivity index (χ3n) is 9.98. The van der Waals surface area contributed by atoms with Gasteiger partial charge in [-0.3, -0.25) is 28.9 Å². The molecule has 1 N–H and O–H groups in total. The number of hydrogen-bond acceptors (Lipinski definition) is 8. The summed E-state index contributed by atoms with van der Waals surface area (Å²) in [5.41, 5.74) is 2.48. The molecule has 0 radical (unpaired) electrons. The van der Waals surface area contributed by atoms with E-state index in [1.807, 2.05) is 18.2 Å². The van der Waals surface area contributed by atoms with Gasteiger partial charge in [0.05, 0.1) is 42.1 Å². The number of aliphatic carboxylic acids is 1. The van der Waals surface area contributed by atoms with E-state index in [-0.39, 0.29) is 30.2 Å². The van der Waals surface area contributed by atoms with Crippen molar-refractivity contribution in [1.29, 1.82) is 0 Å². The van der Waals surface area contributed by atoms with E-state index < -0.39 is 35.7 Å². The third kappa shape index (κ3) is 5.55. The summed E-state index contributed by atoms with van der Waals surface area (Å²) in [6, 6.07) is 13.1. The van der Waals surface area contributed by atoms with Crippen LogP contribution in [0, 0.1) is 18.8 Å². The monoisotopic (exact) mass is 640 g/mol. The Balaban J connectivity index is 1.21. The number of carboxylic acids is 1. The van der Waals surface area contributed by atoms with Crippen LogP contribution in [0.15, 0.2) is 53.1 Å². The number of rotatable bonds is 7. The Morgan fingerprint density at radius 1 is 0.957 bits per heavy atom. The number of carbonyl (C=O) groups is 5. The Kier molecular flexibility index (Phi) is 8.03. The van der Waals surface area contributed by atoms with Gasteiger partial charge in [-0.05, 0) is 49.9 Å². The average Bonchev–Trinajstić information content (AvgIpc) is 3.80. The molecule has 1 aromatic heterocycles. The first-order chi connectivity index (χ1) is 22.7. The quantitative estimate of drug-likeness (QED) is 0.380. The first-order valence-corrected chi connectivity index (χ1v) is 16.2. The highest BCUT2D eigenvalue weighted by Crippen LogP contribution is 2.42. The van der Waals surface area contributed by atoms with Crippen LogP contribution in [0.5, 0.6) is 5.75 Å². The lowest BCUT2D eigenvalue weighted by molar-refractivity contribution is -0.153. The number of amides is 4. The zero-order chi connectivity index (χ0) is 32.8. The molecule has 0 spiro atoms. The summed E-state index contributed by atoms with van der Waals surface area (Å²) >= 11 is 0. The molecule has 1 saturated carbocycles. The molecule has 4 heterocycles. The number of fused-ring (bicyclic) bond motifs is 2. The molecule has 2 aromatic carbocycles. The molecule has 12 nitrogen and oxygen atoms in total. The van der Waals surface area contributed by atoms with Crippen LogP contribution in [0.2, 0.25) is 0 Å². The molecule has 4 atom stereocenters. The number of carbonyl (C=O) groups excluding carboxylic acids is 4. The second-order valence-corrected chi connectivity index (χ2v) is 12.8. The molecule has 1 aliphatic carbocycles. The Labute approximate surface area is 271 Å². The Morgan fingerprint density at radius 2 is 1.68 bits per heavy atom. The normalized spacial score (nSPS) is 23.9. The Bertz CT molecular complexity index is 1730. The van der Waals surface area contributed by atoms with Crippen molar-refractivity contribution in [2.75, 3.05) is 26.2 Å². The van der Waals surface area contributed by atoms with E-state index in [1.165, 1.54) is 4.90 Å².